The summed E-state index contributed by atoms with van der Waals surface area (Å²) in [5.41, 5.74) is 0. The SMILES string of the molecule is CCCCCCCCCCCCCCCCCCCCCCCCCCC/C=C/CCCC(O)C(O)C(CO)NC(=O)C(O)CCCCCCCCCCCCCCCCCCCCCCCCCCCCCCCCCCCCCCCC. The summed E-state index contributed by atoms with van der Waals surface area (Å²) < 4.78 is 0. The quantitative estimate of drug-likeness (QED) is 0.0308. The Labute approximate surface area is 527 Å². The number of amides is 1. The van der Waals surface area contributed by atoms with E-state index in [2.05, 4.69) is 31.3 Å². The van der Waals surface area contributed by atoms with Crippen LogP contribution in [0.5, 0.6) is 0 Å². The van der Waals surface area contributed by atoms with Crippen LogP contribution >= 0.6 is 0 Å². The first-order valence-electron chi connectivity index (χ1n) is 39.1. The second-order valence-corrected chi connectivity index (χ2v) is 27.4. The van der Waals surface area contributed by atoms with Crippen LogP contribution in [0.3, 0.4) is 0 Å². The third-order valence-corrected chi connectivity index (χ3v) is 19.0. The molecule has 0 bridgehead atoms. The van der Waals surface area contributed by atoms with Crippen molar-refractivity contribution in [1.82, 2.24) is 5.32 Å². The molecule has 0 rings (SSSR count). The molecule has 0 aromatic carbocycles. The van der Waals surface area contributed by atoms with Gasteiger partial charge in [0, 0.05) is 0 Å². The standard InChI is InChI=1S/C78H155NO5/c1-3-5-7-9-11-13-15-17-19-21-23-25-27-29-31-33-35-36-37-38-39-40-41-42-44-46-48-50-52-54-56-58-60-62-64-66-68-70-72-76(82)78(84)79-74(73-80)77(83)75(81)71-69-67-65-63-61-59-57-55-53-51-49-47-45-43-34-32-30-28-26-24-22-20-18-16-14-12-10-8-6-4-2/h63,65,74-77,80-83H,3-62,64,66-73H2,1-2H3,(H,79,84)/b65-63+. The highest BCUT2D eigenvalue weighted by Gasteiger charge is 2.28. The molecular formula is C78H155NO5. The topological polar surface area (TPSA) is 110 Å². The Balaban J connectivity index is 3.49. The molecule has 0 aromatic rings. The summed E-state index contributed by atoms with van der Waals surface area (Å²) in [5, 5.41) is 44.3. The summed E-state index contributed by atoms with van der Waals surface area (Å²) in [4.78, 5) is 12.7. The van der Waals surface area contributed by atoms with Crippen LogP contribution in [0.2, 0.25) is 0 Å². The number of nitrogens with one attached hydrogen (secondary N) is 1. The molecule has 0 aromatic heterocycles. The summed E-state index contributed by atoms with van der Waals surface area (Å²) in [6.45, 7) is 4.11. The van der Waals surface area contributed by atoms with Crippen LogP contribution in [0.15, 0.2) is 12.2 Å². The van der Waals surface area contributed by atoms with Crippen molar-refractivity contribution in [3.05, 3.63) is 12.2 Å². The Kier molecular flexibility index (Phi) is 72.0. The minimum Gasteiger partial charge on any atom is -0.394 e. The molecule has 1 amide bonds. The maximum atomic E-state index is 12.7. The van der Waals surface area contributed by atoms with Gasteiger partial charge in [-0.2, -0.15) is 0 Å². The lowest BCUT2D eigenvalue weighted by molar-refractivity contribution is -0.132. The molecule has 6 heteroatoms. The van der Waals surface area contributed by atoms with E-state index >= 15 is 0 Å². The molecule has 0 saturated carbocycles. The van der Waals surface area contributed by atoms with Crippen molar-refractivity contribution >= 4 is 5.91 Å². The largest absolute Gasteiger partial charge is 0.394 e. The maximum absolute atomic E-state index is 12.7. The summed E-state index contributed by atoms with van der Waals surface area (Å²) in [5.74, 6) is -0.583. The molecule has 0 fully saturated rings. The second kappa shape index (κ2) is 72.8. The first-order valence-corrected chi connectivity index (χ1v) is 39.1. The lowest BCUT2D eigenvalue weighted by Gasteiger charge is -2.27. The van der Waals surface area contributed by atoms with Crippen molar-refractivity contribution in [2.24, 2.45) is 0 Å². The predicted molar refractivity (Wildman–Crippen MR) is 371 cm³/mol. The van der Waals surface area contributed by atoms with Crippen molar-refractivity contribution in [2.45, 2.75) is 475 Å². The minimum absolute atomic E-state index is 0.369. The minimum atomic E-state index is -1.28. The fraction of sp³-hybridized carbons (Fsp3) is 0.962. The predicted octanol–water partition coefficient (Wildman–Crippen LogP) is 24.7. The van der Waals surface area contributed by atoms with Gasteiger partial charge in [0.25, 0.3) is 0 Å². The van der Waals surface area contributed by atoms with Crippen molar-refractivity contribution < 1.29 is 25.2 Å². The van der Waals surface area contributed by atoms with Gasteiger partial charge in [-0.3, -0.25) is 4.79 Å². The number of hydrogen-bond acceptors (Lipinski definition) is 5. The van der Waals surface area contributed by atoms with Gasteiger partial charge >= 0.3 is 0 Å². The van der Waals surface area contributed by atoms with E-state index in [0.29, 0.717) is 12.8 Å². The highest BCUT2D eigenvalue weighted by Crippen LogP contribution is 2.21. The molecule has 0 aliphatic carbocycles. The van der Waals surface area contributed by atoms with Gasteiger partial charge in [0.05, 0.1) is 18.8 Å². The lowest BCUT2D eigenvalue weighted by atomic mass is 10.00. The average molecular weight is 1190 g/mol. The number of allylic oxidation sites excluding steroid dienone is 2. The number of aliphatic hydroxyl groups excluding tert-OH is 4. The Morgan fingerprint density at radius 3 is 0.714 bits per heavy atom. The maximum Gasteiger partial charge on any atom is 0.249 e. The molecule has 0 heterocycles. The molecule has 6 nitrogen and oxygen atoms in total. The van der Waals surface area contributed by atoms with Gasteiger partial charge in [0.2, 0.25) is 5.91 Å². The van der Waals surface area contributed by atoms with Crippen LogP contribution in [-0.4, -0.2) is 57.3 Å². The van der Waals surface area contributed by atoms with Crippen LogP contribution in [0, 0.1) is 0 Å². The zero-order valence-electron chi connectivity index (χ0n) is 57.5. The number of aliphatic hydroxyl groups is 4. The first-order chi connectivity index (χ1) is 41.5. The van der Waals surface area contributed by atoms with Gasteiger partial charge in [0.1, 0.15) is 12.2 Å². The zero-order chi connectivity index (χ0) is 60.8. The van der Waals surface area contributed by atoms with Crippen LogP contribution in [0.4, 0.5) is 0 Å². The number of rotatable bonds is 74. The Morgan fingerprint density at radius 1 is 0.286 bits per heavy atom. The third kappa shape index (κ3) is 65.5. The number of unbranched alkanes of at least 4 members (excludes halogenated alkanes) is 63. The van der Waals surface area contributed by atoms with Crippen molar-refractivity contribution in [3.63, 3.8) is 0 Å². The van der Waals surface area contributed by atoms with Crippen LogP contribution in [0.1, 0.15) is 450 Å². The number of carbonyl (C=O) groups is 1. The highest BCUT2D eigenvalue weighted by molar-refractivity contribution is 5.80. The van der Waals surface area contributed by atoms with Crippen LogP contribution in [0.25, 0.3) is 0 Å². The number of carbonyl (C=O) groups excluding carboxylic acids is 1. The summed E-state index contributed by atoms with van der Waals surface area (Å²) in [7, 11) is 0. The molecular weight excluding hydrogens is 1030 g/mol. The third-order valence-electron chi connectivity index (χ3n) is 19.0. The van der Waals surface area contributed by atoms with Crippen molar-refractivity contribution in [2.75, 3.05) is 6.61 Å². The van der Waals surface area contributed by atoms with Crippen LogP contribution < -0.4 is 5.32 Å². The zero-order valence-corrected chi connectivity index (χ0v) is 57.5. The van der Waals surface area contributed by atoms with Gasteiger partial charge in [0.15, 0.2) is 0 Å². The molecule has 0 aliphatic rings. The molecule has 0 spiro atoms. The second-order valence-electron chi connectivity index (χ2n) is 27.4. The van der Waals surface area contributed by atoms with E-state index in [-0.39, 0.29) is 0 Å². The first kappa shape index (κ1) is 83.1. The molecule has 4 unspecified atom stereocenters. The van der Waals surface area contributed by atoms with E-state index in [9.17, 15) is 25.2 Å². The fourth-order valence-corrected chi connectivity index (χ4v) is 12.9. The normalized spacial score (nSPS) is 13.4. The van der Waals surface area contributed by atoms with Gasteiger partial charge in [-0.1, -0.05) is 424 Å². The smallest absolute Gasteiger partial charge is 0.249 e. The van der Waals surface area contributed by atoms with Gasteiger partial charge in [-0.05, 0) is 38.5 Å². The highest BCUT2D eigenvalue weighted by atomic mass is 16.3. The molecule has 5 N–H and O–H groups in total. The molecule has 0 aliphatic heterocycles. The molecule has 84 heavy (non-hydrogen) atoms. The van der Waals surface area contributed by atoms with Crippen molar-refractivity contribution in [1.29, 1.82) is 0 Å². The molecule has 502 valence electrons. The van der Waals surface area contributed by atoms with E-state index in [1.807, 2.05) is 0 Å². The fourth-order valence-electron chi connectivity index (χ4n) is 12.9. The molecule has 4 atom stereocenters. The van der Waals surface area contributed by atoms with E-state index < -0.39 is 36.9 Å². The van der Waals surface area contributed by atoms with E-state index in [1.54, 1.807) is 0 Å². The summed E-state index contributed by atoms with van der Waals surface area (Å²) in [6, 6.07) is -1.00. The van der Waals surface area contributed by atoms with Gasteiger partial charge < -0.3 is 25.7 Å². The summed E-state index contributed by atoms with van der Waals surface area (Å²) >= 11 is 0. The molecule has 0 saturated heterocycles. The lowest BCUT2D eigenvalue weighted by Crippen LogP contribution is -2.53. The van der Waals surface area contributed by atoms with E-state index in [4.69, 9.17) is 0 Å². The Bertz CT molecular complexity index is 1240. The van der Waals surface area contributed by atoms with Crippen LogP contribution in [-0.2, 0) is 4.79 Å². The number of hydrogen-bond donors (Lipinski definition) is 5. The van der Waals surface area contributed by atoms with Gasteiger partial charge in [-0.15, -0.1) is 0 Å². The summed E-state index contributed by atoms with van der Waals surface area (Å²) in [6.07, 6.45) is 92.5. The van der Waals surface area contributed by atoms with Crippen molar-refractivity contribution in [3.8, 4) is 0 Å². The van der Waals surface area contributed by atoms with Gasteiger partial charge in [-0.25, -0.2) is 0 Å². The Hall–Kier alpha value is -0.950. The van der Waals surface area contributed by atoms with E-state index in [0.717, 1.165) is 38.5 Å². The average Bonchev–Trinajstić information content (AvgIpc) is 3.53. The Morgan fingerprint density at radius 2 is 0.488 bits per heavy atom. The van der Waals surface area contributed by atoms with E-state index in [1.165, 1.54) is 385 Å². The monoisotopic (exact) mass is 1190 g/mol. The molecule has 0 radical (unpaired) electrons.